The van der Waals surface area contributed by atoms with Gasteiger partial charge < -0.3 is 5.32 Å². The van der Waals surface area contributed by atoms with E-state index in [2.05, 4.69) is 10.3 Å². The molecule has 1 saturated heterocycles. The lowest BCUT2D eigenvalue weighted by Gasteiger charge is -2.17. The Hall–Kier alpha value is -2.40. The van der Waals surface area contributed by atoms with Crippen molar-refractivity contribution in [2.75, 3.05) is 12.0 Å². The van der Waals surface area contributed by atoms with Gasteiger partial charge in [-0.2, -0.15) is 0 Å². The molecule has 2 heterocycles. The molecular formula is C19H18ClN3O2. The number of aryl methyl sites for hydroxylation is 1. The molecule has 5 nitrogen and oxygen atoms in total. The van der Waals surface area contributed by atoms with Gasteiger partial charge in [0, 0.05) is 16.6 Å². The van der Waals surface area contributed by atoms with Gasteiger partial charge in [0.25, 0.3) is 0 Å². The lowest BCUT2D eigenvalue weighted by Crippen LogP contribution is -2.35. The van der Waals surface area contributed by atoms with E-state index in [1.165, 1.54) is 4.90 Å². The maximum atomic E-state index is 12.6. The molecule has 1 aromatic heterocycles. The van der Waals surface area contributed by atoms with E-state index in [1.54, 1.807) is 6.20 Å². The second-order valence-electron chi connectivity index (χ2n) is 6.57. The fraction of sp³-hybridized carbons (Fsp3) is 0.316. The van der Waals surface area contributed by atoms with Crippen LogP contribution in [0.2, 0.25) is 0 Å². The van der Waals surface area contributed by atoms with Gasteiger partial charge in [-0.1, -0.05) is 29.8 Å². The highest BCUT2D eigenvalue weighted by Crippen LogP contribution is 2.38. The fourth-order valence-corrected chi connectivity index (χ4v) is 3.93. The van der Waals surface area contributed by atoms with Crippen LogP contribution in [0.5, 0.6) is 0 Å². The summed E-state index contributed by atoms with van der Waals surface area (Å²) in [5.74, 6) is -0.852. The van der Waals surface area contributed by atoms with Gasteiger partial charge in [-0.15, -0.1) is 0 Å². The van der Waals surface area contributed by atoms with E-state index >= 15 is 0 Å². The van der Waals surface area contributed by atoms with Crippen LogP contribution < -0.4 is 5.32 Å². The highest BCUT2D eigenvalue weighted by atomic mass is 35.5. The predicted molar refractivity (Wildman–Crippen MR) is 97.0 cm³/mol. The number of pyridine rings is 1. The molecule has 2 amide bonds. The first kappa shape index (κ1) is 16.1. The Morgan fingerprint density at radius 1 is 1.24 bits per heavy atom. The van der Waals surface area contributed by atoms with Gasteiger partial charge in [-0.05, 0) is 37.5 Å². The van der Waals surface area contributed by atoms with Gasteiger partial charge in [-0.3, -0.25) is 19.5 Å². The van der Waals surface area contributed by atoms with Crippen LogP contribution in [0.3, 0.4) is 0 Å². The molecule has 2 aliphatic rings. The van der Waals surface area contributed by atoms with Crippen molar-refractivity contribution in [2.45, 2.75) is 19.8 Å². The molecule has 0 spiro atoms. The largest absolute Gasteiger partial charge is 0.365 e. The summed E-state index contributed by atoms with van der Waals surface area (Å²) in [7, 11) is 0. The molecular weight excluding hydrogens is 338 g/mol. The molecule has 0 bridgehead atoms. The zero-order chi connectivity index (χ0) is 17.6. The normalized spacial score (nSPS) is 23.0. The Balaban J connectivity index is 1.56. The minimum atomic E-state index is -0.320. The van der Waals surface area contributed by atoms with Crippen molar-refractivity contribution in [1.82, 2.24) is 9.88 Å². The first-order chi connectivity index (χ1) is 12.1. The Morgan fingerprint density at radius 3 is 2.88 bits per heavy atom. The predicted octanol–water partition coefficient (Wildman–Crippen LogP) is 3.43. The van der Waals surface area contributed by atoms with E-state index in [9.17, 15) is 9.59 Å². The highest BCUT2D eigenvalue weighted by molar-refractivity contribution is 6.30. The number of likely N-dealkylation sites (tertiary alicyclic amines) is 1. The third-order valence-electron chi connectivity index (χ3n) is 5.08. The van der Waals surface area contributed by atoms with Gasteiger partial charge in [0.1, 0.15) is 0 Å². The summed E-state index contributed by atoms with van der Waals surface area (Å²) >= 11 is 6.05. The van der Waals surface area contributed by atoms with Crippen molar-refractivity contribution in [3.63, 3.8) is 0 Å². The number of fused-ring (bicyclic) bond motifs is 2. The third-order valence-corrected chi connectivity index (χ3v) is 5.39. The number of aromatic nitrogens is 1. The average Bonchev–Trinajstić information content (AvgIpc) is 2.84. The molecule has 2 atom stereocenters. The molecule has 2 aromatic rings. The number of nitrogens with one attached hydrogen (secondary N) is 1. The minimum Gasteiger partial charge on any atom is -0.365 e. The van der Waals surface area contributed by atoms with E-state index in [1.807, 2.05) is 37.3 Å². The van der Waals surface area contributed by atoms with Crippen molar-refractivity contribution >= 4 is 40.0 Å². The number of rotatable bonds is 3. The lowest BCUT2D eigenvalue weighted by molar-refractivity contribution is -0.139. The molecule has 1 aliphatic heterocycles. The summed E-state index contributed by atoms with van der Waals surface area (Å²) in [5.41, 5.74) is 2.78. The molecule has 0 saturated carbocycles. The number of carbonyl (C=O) groups is 2. The molecule has 0 radical (unpaired) electrons. The van der Waals surface area contributed by atoms with Gasteiger partial charge in [0.2, 0.25) is 11.8 Å². The van der Waals surface area contributed by atoms with Crippen LogP contribution in [0.15, 0.2) is 41.6 Å². The number of benzene rings is 1. The van der Waals surface area contributed by atoms with Gasteiger partial charge in [0.15, 0.2) is 0 Å². The lowest BCUT2D eigenvalue weighted by atomic mass is 9.85. The topological polar surface area (TPSA) is 62.3 Å². The van der Waals surface area contributed by atoms with Crippen molar-refractivity contribution < 1.29 is 9.59 Å². The summed E-state index contributed by atoms with van der Waals surface area (Å²) in [6.07, 6.45) is 4.61. The zero-order valence-corrected chi connectivity index (χ0v) is 14.6. The molecule has 4 rings (SSSR count). The van der Waals surface area contributed by atoms with Gasteiger partial charge >= 0.3 is 0 Å². The molecule has 25 heavy (non-hydrogen) atoms. The maximum Gasteiger partial charge on any atom is 0.234 e. The number of amides is 2. The molecule has 1 aliphatic carbocycles. The summed E-state index contributed by atoms with van der Waals surface area (Å²) in [6.45, 7) is 2.18. The molecule has 0 unspecified atom stereocenters. The standard InChI is InChI=1S/C19H18ClN3O2/c1-11-7-8-21-17-13(11)3-2-4-16(17)22-10-23-18(24)14-6-5-12(20)9-15(14)19(23)25/h2-5,7-8,14-15,22H,6,9-10H2,1H3/t14-,15-/m0/s1. The average molecular weight is 356 g/mol. The van der Waals surface area contributed by atoms with Gasteiger partial charge in [-0.25, -0.2) is 0 Å². The van der Waals surface area contributed by atoms with E-state index in [-0.39, 0.29) is 30.3 Å². The Bertz CT molecular complexity index is 909. The summed E-state index contributed by atoms with van der Waals surface area (Å²) in [5, 5.41) is 4.93. The molecule has 128 valence electrons. The smallest absolute Gasteiger partial charge is 0.234 e. The Kier molecular flexibility index (Phi) is 3.96. The van der Waals surface area contributed by atoms with E-state index in [4.69, 9.17) is 11.6 Å². The summed E-state index contributed by atoms with van der Waals surface area (Å²) < 4.78 is 0. The fourth-order valence-electron chi connectivity index (χ4n) is 3.67. The summed E-state index contributed by atoms with van der Waals surface area (Å²) in [6, 6.07) is 7.82. The number of nitrogens with zero attached hydrogens (tertiary/aromatic N) is 2. The summed E-state index contributed by atoms with van der Waals surface area (Å²) in [4.78, 5) is 30.9. The maximum absolute atomic E-state index is 12.6. The van der Waals surface area contributed by atoms with Crippen LogP contribution in [0, 0.1) is 18.8 Å². The SMILES string of the molecule is Cc1ccnc2c(NCN3C(=O)[C@H]4CC=C(Cl)C[C@@H]4C3=O)cccc12. The van der Waals surface area contributed by atoms with Crippen LogP contribution in [0.25, 0.3) is 10.9 Å². The first-order valence-corrected chi connectivity index (χ1v) is 8.72. The van der Waals surface area contributed by atoms with Crippen LogP contribution in [0.4, 0.5) is 5.69 Å². The number of halogens is 1. The second-order valence-corrected chi connectivity index (χ2v) is 7.06. The number of para-hydroxylation sites is 1. The monoisotopic (exact) mass is 355 g/mol. The van der Waals surface area contributed by atoms with Crippen LogP contribution in [-0.4, -0.2) is 28.4 Å². The van der Waals surface area contributed by atoms with Crippen molar-refractivity contribution in [2.24, 2.45) is 11.8 Å². The van der Waals surface area contributed by atoms with Gasteiger partial charge in [0.05, 0.1) is 29.7 Å². The van der Waals surface area contributed by atoms with Crippen molar-refractivity contribution in [3.8, 4) is 0 Å². The van der Waals surface area contributed by atoms with E-state index in [0.717, 1.165) is 22.2 Å². The van der Waals surface area contributed by atoms with Crippen LogP contribution >= 0.6 is 11.6 Å². The van der Waals surface area contributed by atoms with Crippen LogP contribution in [-0.2, 0) is 9.59 Å². The quantitative estimate of drug-likeness (QED) is 0.857. The molecule has 1 fully saturated rings. The van der Waals surface area contributed by atoms with Crippen LogP contribution in [0.1, 0.15) is 18.4 Å². The molecule has 1 N–H and O–H groups in total. The zero-order valence-electron chi connectivity index (χ0n) is 13.8. The van der Waals surface area contributed by atoms with Crippen molar-refractivity contribution in [3.05, 3.63) is 47.1 Å². The number of allylic oxidation sites excluding steroid dienone is 2. The second kappa shape index (κ2) is 6.15. The number of hydrogen-bond acceptors (Lipinski definition) is 4. The van der Waals surface area contributed by atoms with Crippen molar-refractivity contribution in [1.29, 1.82) is 0 Å². The number of anilines is 1. The first-order valence-electron chi connectivity index (χ1n) is 8.34. The molecule has 6 heteroatoms. The third kappa shape index (κ3) is 2.68. The molecule has 1 aromatic carbocycles. The number of imide groups is 1. The van der Waals surface area contributed by atoms with E-state index < -0.39 is 0 Å². The Labute approximate surface area is 150 Å². The number of carbonyl (C=O) groups excluding carboxylic acids is 2. The number of hydrogen-bond donors (Lipinski definition) is 1. The highest BCUT2D eigenvalue weighted by Gasteiger charge is 2.48. The Morgan fingerprint density at radius 2 is 2.04 bits per heavy atom. The van der Waals surface area contributed by atoms with E-state index in [0.29, 0.717) is 17.9 Å². The minimum absolute atomic E-state index is 0.118.